The maximum absolute atomic E-state index is 11.3. The fourth-order valence-electron chi connectivity index (χ4n) is 4.16. The van der Waals surface area contributed by atoms with Crippen molar-refractivity contribution in [1.29, 1.82) is 0 Å². The van der Waals surface area contributed by atoms with Crippen molar-refractivity contribution in [3.05, 3.63) is 59.8 Å². The number of aromatic nitrogens is 3. The molecule has 1 fully saturated rings. The zero-order valence-electron chi connectivity index (χ0n) is 19.5. The van der Waals surface area contributed by atoms with Gasteiger partial charge in [0.05, 0.1) is 20.2 Å². The van der Waals surface area contributed by atoms with Gasteiger partial charge in [-0.2, -0.15) is 0 Å². The topological polar surface area (TPSA) is 102 Å². The molecule has 4 rings (SSSR count). The molecule has 0 spiro atoms. The highest BCUT2D eigenvalue weighted by atomic mass is 16.5. The maximum Gasteiger partial charge on any atom is 0.319 e. The van der Waals surface area contributed by atoms with E-state index >= 15 is 0 Å². The standard InChI is InChI=1S/C26H30N4O4/c1-18(31)26-27-13-14-30(26)17-23-15-24(34-29-23)21-9-5-19(6-10-21)3-4-20-7-11-22(12-8-20)28-16-25(32)33-2/h5-6,9-10,13-15,18,20,22,28,31H,7-8,11-12,16-17H2,1-2H3/t18-,20?,22?/m0/s1. The van der Waals surface area contributed by atoms with Gasteiger partial charge in [-0.05, 0) is 56.9 Å². The van der Waals surface area contributed by atoms with Gasteiger partial charge in [-0.25, -0.2) is 4.98 Å². The minimum atomic E-state index is -0.645. The molecule has 0 amide bonds. The Balaban J connectivity index is 1.30. The second-order valence-electron chi connectivity index (χ2n) is 8.62. The summed E-state index contributed by atoms with van der Waals surface area (Å²) < 4.78 is 12.1. The Hall–Kier alpha value is -3.41. The first kappa shape index (κ1) is 23.7. The van der Waals surface area contributed by atoms with Gasteiger partial charge in [0.1, 0.15) is 17.6 Å². The van der Waals surface area contributed by atoms with Crippen molar-refractivity contribution in [1.82, 2.24) is 20.0 Å². The van der Waals surface area contributed by atoms with E-state index in [4.69, 9.17) is 4.52 Å². The molecule has 2 N–H and O–H groups in total. The van der Waals surface area contributed by atoms with E-state index in [2.05, 4.69) is 32.0 Å². The lowest BCUT2D eigenvalue weighted by molar-refractivity contribution is -0.139. The van der Waals surface area contributed by atoms with Crippen LogP contribution >= 0.6 is 0 Å². The third-order valence-electron chi connectivity index (χ3n) is 6.09. The van der Waals surface area contributed by atoms with Crippen molar-refractivity contribution >= 4 is 5.97 Å². The van der Waals surface area contributed by atoms with Crippen molar-refractivity contribution in [2.75, 3.05) is 13.7 Å². The Morgan fingerprint density at radius 1 is 1.29 bits per heavy atom. The minimum absolute atomic E-state index is 0.226. The van der Waals surface area contributed by atoms with E-state index in [1.54, 1.807) is 13.1 Å². The average molecular weight is 463 g/mol. The number of nitrogens with one attached hydrogen (secondary N) is 1. The fourth-order valence-corrected chi connectivity index (χ4v) is 4.16. The molecule has 1 saturated carbocycles. The third-order valence-corrected chi connectivity index (χ3v) is 6.09. The molecule has 2 aromatic heterocycles. The summed E-state index contributed by atoms with van der Waals surface area (Å²) in [6.07, 6.45) is 6.91. The smallest absolute Gasteiger partial charge is 0.319 e. The summed E-state index contributed by atoms with van der Waals surface area (Å²) >= 11 is 0. The summed E-state index contributed by atoms with van der Waals surface area (Å²) in [5.41, 5.74) is 2.66. The monoisotopic (exact) mass is 462 g/mol. The van der Waals surface area contributed by atoms with E-state index in [1.807, 2.05) is 41.1 Å². The highest BCUT2D eigenvalue weighted by Crippen LogP contribution is 2.25. The van der Waals surface area contributed by atoms with Crippen LogP contribution in [0.25, 0.3) is 11.3 Å². The van der Waals surface area contributed by atoms with Crippen molar-refractivity contribution < 1.29 is 19.2 Å². The van der Waals surface area contributed by atoms with Crippen LogP contribution in [-0.4, -0.2) is 45.5 Å². The van der Waals surface area contributed by atoms with Crippen molar-refractivity contribution in [3.63, 3.8) is 0 Å². The van der Waals surface area contributed by atoms with Crippen LogP contribution < -0.4 is 5.32 Å². The fraction of sp³-hybridized carbons (Fsp3) is 0.423. The number of aliphatic hydroxyl groups is 1. The number of aliphatic hydroxyl groups excluding tert-OH is 1. The molecular formula is C26H30N4O4. The maximum atomic E-state index is 11.3. The molecule has 8 nitrogen and oxygen atoms in total. The van der Waals surface area contributed by atoms with Crippen LogP contribution in [0.2, 0.25) is 0 Å². The molecule has 1 atom stereocenters. The second kappa shape index (κ2) is 11.1. The molecule has 0 bridgehead atoms. The van der Waals surface area contributed by atoms with Gasteiger partial charge in [-0.1, -0.05) is 17.0 Å². The van der Waals surface area contributed by atoms with Crippen LogP contribution in [0.1, 0.15) is 55.8 Å². The molecule has 34 heavy (non-hydrogen) atoms. The van der Waals surface area contributed by atoms with Gasteiger partial charge >= 0.3 is 5.97 Å². The summed E-state index contributed by atoms with van der Waals surface area (Å²) in [6, 6.07) is 10.2. The van der Waals surface area contributed by atoms with Crippen LogP contribution in [0.15, 0.2) is 47.2 Å². The molecule has 2 heterocycles. The number of hydrogen-bond donors (Lipinski definition) is 2. The van der Waals surface area contributed by atoms with Crippen molar-refractivity contribution in [2.45, 2.75) is 51.3 Å². The number of rotatable bonds is 7. The van der Waals surface area contributed by atoms with Crippen LogP contribution in [-0.2, 0) is 16.1 Å². The lowest BCUT2D eigenvalue weighted by atomic mass is 9.86. The number of esters is 1. The van der Waals surface area contributed by atoms with Crippen LogP contribution in [0.4, 0.5) is 0 Å². The number of benzene rings is 1. The highest BCUT2D eigenvalue weighted by molar-refractivity contribution is 5.71. The van der Waals surface area contributed by atoms with Gasteiger partial charge in [-0.15, -0.1) is 0 Å². The number of carbonyl (C=O) groups is 1. The molecule has 0 aliphatic heterocycles. The Morgan fingerprint density at radius 2 is 2.06 bits per heavy atom. The van der Waals surface area contributed by atoms with Gasteiger partial charge in [-0.3, -0.25) is 4.79 Å². The third kappa shape index (κ3) is 6.13. The molecule has 3 aromatic rings. The lowest BCUT2D eigenvalue weighted by Gasteiger charge is -2.26. The van der Waals surface area contributed by atoms with Crippen molar-refractivity contribution in [3.8, 4) is 23.2 Å². The minimum Gasteiger partial charge on any atom is -0.468 e. The van der Waals surface area contributed by atoms with E-state index in [0.29, 0.717) is 30.1 Å². The molecule has 8 heteroatoms. The molecule has 0 saturated heterocycles. The van der Waals surface area contributed by atoms with Crippen LogP contribution in [0.5, 0.6) is 0 Å². The molecule has 1 aliphatic carbocycles. The molecule has 0 unspecified atom stereocenters. The number of nitrogens with zero attached hydrogens (tertiary/aromatic N) is 3. The largest absolute Gasteiger partial charge is 0.468 e. The van der Waals surface area contributed by atoms with Gasteiger partial charge in [0.2, 0.25) is 0 Å². The first-order chi connectivity index (χ1) is 16.5. The van der Waals surface area contributed by atoms with Gasteiger partial charge < -0.3 is 24.3 Å². The van der Waals surface area contributed by atoms with E-state index in [0.717, 1.165) is 42.5 Å². The summed E-state index contributed by atoms with van der Waals surface area (Å²) in [6.45, 7) is 2.43. The van der Waals surface area contributed by atoms with E-state index in [-0.39, 0.29) is 12.5 Å². The predicted molar refractivity (Wildman–Crippen MR) is 127 cm³/mol. The quantitative estimate of drug-likeness (QED) is 0.410. The normalized spacial score (nSPS) is 18.7. The number of methoxy groups -OCH3 is 1. The number of ether oxygens (including phenoxy) is 1. The number of carbonyl (C=O) groups excluding carboxylic acids is 1. The summed E-state index contributed by atoms with van der Waals surface area (Å²) in [5.74, 6) is 8.13. The van der Waals surface area contributed by atoms with Crippen molar-refractivity contribution in [2.24, 2.45) is 5.92 Å². The summed E-state index contributed by atoms with van der Waals surface area (Å²) in [7, 11) is 1.41. The number of imidazole rings is 1. The lowest BCUT2D eigenvalue weighted by Crippen LogP contribution is -2.36. The highest BCUT2D eigenvalue weighted by Gasteiger charge is 2.20. The first-order valence-corrected chi connectivity index (χ1v) is 11.6. The van der Waals surface area contributed by atoms with E-state index < -0.39 is 6.10 Å². The van der Waals surface area contributed by atoms with Crippen LogP contribution in [0.3, 0.4) is 0 Å². The summed E-state index contributed by atoms with van der Waals surface area (Å²) in [5, 5.41) is 17.2. The SMILES string of the molecule is COC(=O)CNC1CCC(C#Cc2ccc(-c3cc(Cn4ccnc4[C@H](C)O)no3)cc2)CC1. The molecule has 1 aromatic carbocycles. The summed E-state index contributed by atoms with van der Waals surface area (Å²) in [4.78, 5) is 15.4. The molecule has 178 valence electrons. The Bertz CT molecular complexity index is 1150. The predicted octanol–water partition coefficient (Wildman–Crippen LogP) is 3.31. The zero-order chi connectivity index (χ0) is 23.9. The molecule has 1 aliphatic rings. The Morgan fingerprint density at radius 3 is 2.76 bits per heavy atom. The van der Waals surface area contributed by atoms with E-state index in [9.17, 15) is 9.90 Å². The van der Waals surface area contributed by atoms with E-state index in [1.165, 1.54) is 7.11 Å². The first-order valence-electron chi connectivity index (χ1n) is 11.6. The zero-order valence-corrected chi connectivity index (χ0v) is 19.5. The average Bonchev–Trinajstić information content (AvgIpc) is 3.52. The van der Waals surface area contributed by atoms with Gasteiger partial charge in [0, 0.05) is 41.5 Å². The number of hydrogen-bond acceptors (Lipinski definition) is 7. The van der Waals surface area contributed by atoms with Gasteiger partial charge in [0.25, 0.3) is 0 Å². The van der Waals surface area contributed by atoms with Crippen LogP contribution in [0, 0.1) is 17.8 Å². The second-order valence-corrected chi connectivity index (χ2v) is 8.62. The Kier molecular flexibility index (Phi) is 7.78. The van der Waals surface area contributed by atoms with Gasteiger partial charge in [0.15, 0.2) is 5.76 Å². The Labute approximate surface area is 199 Å². The molecular weight excluding hydrogens is 432 g/mol. The molecule has 0 radical (unpaired) electrons.